The molecule has 0 aliphatic rings. The molecule has 1 aromatic heterocycles. The summed E-state index contributed by atoms with van der Waals surface area (Å²) >= 11 is 1.32. The molecule has 10 nitrogen and oxygen atoms in total. The van der Waals surface area contributed by atoms with Crippen LogP contribution in [0.25, 0.3) is 11.1 Å². The van der Waals surface area contributed by atoms with Gasteiger partial charge in [0, 0.05) is 18.7 Å². The van der Waals surface area contributed by atoms with Gasteiger partial charge in [0.1, 0.15) is 10.9 Å². The van der Waals surface area contributed by atoms with Crippen LogP contribution in [0.2, 0.25) is 0 Å². The van der Waals surface area contributed by atoms with Crippen molar-refractivity contribution in [3.8, 4) is 11.1 Å². The number of aromatic nitrogens is 2. The Balaban J connectivity index is 1.93. The summed E-state index contributed by atoms with van der Waals surface area (Å²) in [7, 11) is -4.12. The molecule has 0 spiro atoms. The third kappa shape index (κ3) is 6.81. The minimum atomic E-state index is -4.12. The summed E-state index contributed by atoms with van der Waals surface area (Å²) in [5.74, 6) is -0.140. The molecule has 0 fully saturated rings. The van der Waals surface area contributed by atoms with Gasteiger partial charge in [-0.2, -0.15) is 0 Å². The van der Waals surface area contributed by atoms with Gasteiger partial charge in [0.05, 0.1) is 17.2 Å². The van der Waals surface area contributed by atoms with Gasteiger partial charge in [-0.05, 0) is 50.6 Å². The fourth-order valence-corrected chi connectivity index (χ4v) is 5.96. The lowest BCUT2D eigenvalue weighted by atomic mass is 10.0. The highest BCUT2D eigenvalue weighted by molar-refractivity contribution is 7.98. The van der Waals surface area contributed by atoms with Crippen molar-refractivity contribution in [2.24, 2.45) is 0 Å². The lowest BCUT2D eigenvalue weighted by Gasteiger charge is -2.24. The maximum Gasteiger partial charge on any atom is 0.344 e. The van der Waals surface area contributed by atoms with E-state index in [1.165, 1.54) is 24.8 Å². The van der Waals surface area contributed by atoms with E-state index in [1.54, 1.807) is 48.7 Å². The second-order valence-corrected chi connectivity index (χ2v) is 11.4. The number of nitrogens with one attached hydrogen (secondary N) is 2. The molecule has 0 saturated carbocycles. The van der Waals surface area contributed by atoms with E-state index < -0.39 is 27.6 Å². The number of rotatable bonds is 11. The van der Waals surface area contributed by atoms with Gasteiger partial charge < -0.3 is 19.7 Å². The molecule has 3 rings (SSSR count). The van der Waals surface area contributed by atoms with Crippen LogP contribution in [0, 0.1) is 6.92 Å². The first-order valence-electron chi connectivity index (χ1n) is 12.5. The van der Waals surface area contributed by atoms with E-state index in [2.05, 4.69) is 15.0 Å². The maximum absolute atomic E-state index is 13.0. The number of urea groups is 1. The molecule has 0 aliphatic carbocycles. The predicted octanol–water partition coefficient (Wildman–Crippen LogP) is 3.80. The van der Waals surface area contributed by atoms with E-state index in [0.29, 0.717) is 47.2 Å². The summed E-state index contributed by atoms with van der Waals surface area (Å²) in [5, 5.41) is 14.2. The zero-order valence-electron chi connectivity index (χ0n) is 22.6. The zero-order valence-corrected chi connectivity index (χ0v) is 24.3. The zero-order chi connectivity index (χ0) is 28.8. The van der Waals surface area contributed by atoms with Crippen LogP contribution in [0.3, 0.4) is 0 Å². The first-order chi connectivity index (χ1) is 18.5. The summed E-state index contributed by atoms with van der Waals surface area (Å²) in [6, 6.07) is 12.9. The quantitative estimate of drug-likeness (QED) is 0.232. The molecule has 0 aliphatic heterocycles. The molecular formula is C27H34N4O6S2. The van der Waals surface area contributed by atoms with Crippen LogP contribution in [0.5, 0.6) is 0 Å². The largest absolute Gasteiger partial charge is 0.464 e. The van der Waals surface area contributed by atoms with Crippen molar-refractivity contribution in [2.45, 2.75) is 56.2 Å². The minimum Gasteiger partial charge on any atom is -0.464 e. The van der Waals surface area contributed by atoms with E-state index in [0.717, 1.165) is 5.56 Å². The van der Waals surface area contributed by atoms with Gasteiger partial charge in [-0.3, -0.25) is 0 Å². The highest BCUT2D eigenvalue weighted by Gasteiger charge is 2.40. The standard InChI is InChI=1S/C27H34N4O6S2/c1-6-16-28-26(33)30-39(35,36)22-11-9-8-10-21(22)20-14-12-19(13-15-20)17-31-18(3)29-24(38-5)23(31)27(4,34)25(32)37-7-2/h8-15,34H,6-7,16-17H2,1-5H3,(H2,28,30,33). The van der Waals surface area contributed by atoms with Crippen LogP contribution in [-0.4, -0.2) is 54.5 Å². The van der Waals surface area contributed by atoms with E-state index >= 15 is 0 Å². The van der Waals surface area contributed by atoms with Crippen molar-refractivity contribution in [1.82, 2.24) is 19.6 Å². The summed E-state index contributed by atoms with van der Waals surface area (Å²) in [6.07, 6.45) is 2.49. The molecule has 3 N–H and O–H groups in total. The van der Waals surface area contributed by atoms with Crippen LogP contribution in [0.1, 0.15) is 44.3 Å². The van der Waals surface area contributed by atoms with Gasteiger partial charge in [0.2, 0.25) is 5.60 Å². The Hall–Kier alpha value is -3.35. The highest BCUT2D eigenvalue weighted by Crippen LogP contribution is 2.33. The first-order valence-corrected chi connectivity index (χ1v) is 15.2. The normalized spacial score (nSPS) is 13.0. The third-order valence-electron chi connectivity index (χ3n) is 6.00. The fraction of sp³-hybridized carbons (Fsp3) is 0.370. The summed E-state index contributed by atoms with van der Waals surface area (Å²) in [6.45, 7) is 7.54. The van der Waals surface area contributed by atoms with E-state index in [9.17, 15) is 23.1 Å². The molecule has 1 atom stereocenters. The van der Waals surface area contributed by atoms with Gasteiger partial charge in [0.25, 0.3) is 10.0 Å². The molecule has 3 aromatic rings. The Morgan fingerprint density at radius 3 is 2.41 bits per heavy atom. The van der Waals surface area contributed by atoms with Crippen LogP contribution >= 0.6 is 11.8 Å². The molecule has 0 bridgehead atoms. The summed E-state index contributed by atoms with van der Waals surface area (Å²) < 4.78 is 34.9. The number of imidazole rings is 1. The molecule has 12 heteroatoms. The molecule has 2 aromatic carbocycles. The molecule has 1 unspecified atom stereocenters. The summed E-state index contributed by atoms with van der Waals surface area (Å²) in [5.41, 5.74) is 0.358. The molecule has 210 valence electrons. The Morgan fingerprint density at radius 2 is 1.79 bits per heavy atom. The monoisotopic (exact) mass is 574 g/mol. The second-order valence-electron chi connectivity index (χ2n) is 8.95. The topological polar surface area (TPSA) is 140 Å². The van der Waals surface area contributed by atoms with E-state index in [4.69, 9.17) is 4.74 Å². The van der Waals surface area contributed by atoms with Gasteiger partial charge in [-0.1, -0.05) is 49.4 Å². The average Bonchev–Trinajstić information content (AvgIpc) is 3.23. The number of amides is 2. The number of esters is 1. The number of aryl methyl sites for hydroxylation is 1. The third-order valence-corrected chi connectivity index (χ3v) is 8.06. The Kier molecular flexibility index (Phi) is 9.81. The molecule has 2 amide bonds. The van der Waals surface area contributed by atoms with Gasteiger partial charge in [-0.15, -0.1) is 11.8 Å². The van der Waals surface area contributed by atoms with Gasteiger partial charge in [0.15, 0.2) is 0 Å². The maximum atomic E-state index is 13.0. The number of aliphatic hydroxyl groups is 1. The SMILES string of the molecule is CCCNC(=O)NS(=O)(=O)c1ccccc1-c1ccc(Cn2c(C)nc(SC)c2C(C)(O)C(=O)OCC)cc1. The fourth-order valence-electron chi connectivity index (χ4n) is 4.08. The number of carbonyl (C=O) groups excluding carboxylic acids is 2. The second kappa shape index (κ2) is 12.7. The van der Waals surface area contributed by atoms with Crippen molar-refractivity contribution >= 4 is 33.8 Å². The number of carbonyl (C=O) groups is 2. The Labute approximate surface area is 233 Å². The number of sulfonamides is 1. The van der Waals surface area contributed by atoms with Crippen LogP contribution in [-0.2, 0) is 31.7 Å². The smallest absolute Gasteiger partial charge is 0.344 e. The Bertz CT molecular complexity index is 1430. The van der Waals surface area contributed by atoms with E-state index in [-0.39, 0.29) is 11.5 Å². The van der Waals surface area contributed by atoms with Crippen molar-refractivity contribution in [3.63, 3.8) is 0 Å². The molecule has 39 heavy (non-hydrogen) atoms. The van der Waals surface area contributed by atoms with Crippen molar-refractivity contribution < 1.29 is 27.9 Å². The number of hydrogen-bond acceptors (Lipinski definition) is 8. The molecular weight excluding hydrogens is 540 g/mol. The van der Waals surface area contributed by atoms with Crippen LogP contribution < -0.4 is 10.0 Å². The number of benzene rings is 2. The predicted molar refractivity (Wildman–Crippen MR) is 150 cm³/mol. The average molecular weight is 575 g/mol. The van der Waals surface area contributed by atoms with Crippen molar-refractivity contribution in [1.29, 1.82) is 0 Å². The molecule has 0 radical (unpaired) electrons. The Morgan fingerprint density at radius 1 is 1.13 bits per heavy atom. The van der Waals surface area contributed by atoms with Crippen LogP contribution in [0.15, 0.2) is 58.5 Å². The van der Waals surface area contributed by atoms with Crippen molar-refractivity contribution in [3.05, 3.63) is 65.6 Å². The summed E-state index contributed by atoms with van der Waals surface area (Å²) in [4.78, 5) is 29.1. The molecule has 0 saturated heterocycles. The number of thioether (sulfide) groups is 1. The number of hydrogen-bond donors (Lipinski definition) is 3. The number of ether oxygens (including phenoxy) is 1. The lowest BCUT2D eigenvalue weighted by molar-refractivity contribution is -0.165. The van der Waals surface area contributed by atoms with E-state index in [1.807, 2.05) is 25.3 Å². The van der Waals surface area contributed by atoms with Gasteiger partial charge in [-0.25, -0.2) is 27.7 Å². The molecule has 1 heterocycles. The van der Waals surface area contributed by atoms with Crippen LogP contribution in [0.4, 0.5) is 4.79 Å². The first kappa shape index (κ1) is 30.2. The highest BCUT2D eigenvalue weighted by atomic mass is 32.2. The lowest BCUT2D eigenvalue weighted by Crippen LogP contribution is -2.39. The number of nitrogens with zero attached hydrogens (tertiary/aromatic N) is 2. The van der Waals surface area contributed by atoms with Gasteiger partial charge >= 0.3 is 12.0 Å². The van der Waals surface area contributed by atoms with Crippen molar-refractivity contribution in [2.75, 3.05) is 19.4 Å². The minimum absolute atomic E-state index is 0.0211.